The monoisotopic (exact) mass is 247 g/mol. The number of nitrogens with two attached hydrogens (primary N) is 2. The Labute approximate surface area is 108 Å². The van der Waals surface area contributed by atoms with Gasteiger partial charge in [0.05, 0.1) is 5.92 Å². The summed E-state index contributed by atoms with van der Waals surface area (Å²) in [6, 6.07) is 8.63. The summed E-state index contributed by atoms with van der Waals surface area (Å²) in [6.45, 7) is 3.44. The number of piperidine rings is 1. The van der Waals surface area contributed by atoms with E-state index in [9.17, 15) is 4.79 Å². The highest BCUT2D eigenvalue weighted by molar-refractivity contribution is 5.77. The molecular formula is C14H21N3O. The van der Waals surface area contributed by atoms with Crippen molar-refractivity contribution in [3.63, 3.8) is 0 Å². The maximum absolute atomic E-state index is 11.3. The first-order chi connectivity index (χ1) is 8.61. The third-order valence-electron chi connectivity index (χ3n) is 3.76. The molecular weight excluding hydrogens is 226 g/mol. The molecule has 0 spiro atoms. The fourth-order valence-electron chi connectivity index (χ4n) is 2.56. The number of hydrogen-bond acceptors (Lipinski definition) is 3. The number of nitrogens with zero attached hydrogens (tertiary/aromatic N) is 1. The highest BCUT2D eigenvalue weighted by Crippen LogP contribution is 2.28. The van der Waals surface area contributed by atoms with Gasteiger partial charge in [0.15, 0.2) is 0 Å². The molecule has 2 unspecified atom stereocenters. The van der Waals surface area contributed by atoms with E-state index in [0.29, 0.717) is 19.1 Å². The first-order valence-electron chi connectivity index (χ1n) is 6.46. The quantitative estimate of drug-likeness (QED) is 0.844. The zero-order valence-corrected chi connectivity index (χ0v) is 10.8. The molecule has 2 rings (SSSR count). The van der Waals surface area contributed by atoms with Crippen molar-refractivity contribution >= 4 is 11.6 Å². The van der Waals surface area contributed by atoms with Crippen molar-refractivity contribution in [2.45, 2.75) is 32.4 Å². The van der Waals surface area contributed by atoms with Gasteiger partial charge in [-0.25, -0.2) is 0 Å². The van der Waals surface area contributed by atoms with Gasteiger partial charge in [-0.2, -0.15) is 0 Å². The zero-order chi connectivity index (χ0) is 13.1. The molecule has 1 saturated heterocycles. The minimum atomic E-state index is -0.193. The smallest absolute Gasteiger partial charge is 0.222 e. The molecule has 1 amide bonds. The Morgan fingerprint density at radius 2 is 2.22 bits per heavy atom. The van der Waals surface area contributed by atoms with Gasteiger partial charge in [-0.05, 0) is 37.5 Å². The molecule has 0 aromatic heterocycles. The van der Waals surface area contributed by atoms with Gasteiger partial charge in [0.2, 0.25) is 5.91 Å². The maximum atomic E-state index is 11.3. The van der Waals surface area contributed by atoms with Crippen LogP contribution >= 0.6 is 0 Å². The van der Waals surface area contributed by atoms with E-state index in [1.54, 1.807) is 0 Å². The van der Waals surface area contributed by atoms with Crippen LogP contribution in [0.25, 0.3) is 0 Å². The minimum Gasteiger partial charge on any atom is -0.369 e. The molecule has 1 fully saturated rings. The summed E-state index contributed by atoms with van der Waals surface area (Å²) in [5.74, 6) is -0.232. The van der Waals surface area contributed by atoms with Crippen LogP contribution in [0.2, 0.25) is 0 Å². The molecule has 1 heterocycles. The summed E-state index contributed by atoms with van der Waals surface area (Å²) < 4.78 is 0. The standard InChI is InChI=1S/C14H21N3O/c1-10-5-6-12(14(16)18)9-17(10)13-4-2-3-11(7-13)8-15/h2-4,7,10,12H,5-6,8-9,15H2,1H3,(H2,16,18). The number of hydrogen-bond donors (Lipinski definition) is 2. The lowest BCUT2D eigenvalue weighted by molar-refractivity contribution is -0.122. The average molecular weight is 247 g/mol. The summed E-state index contributed by atoms with van der Waals surface area (Å²) >= 11 is 0. The molecule has 4 heteroatoms. The molecule has 0 bridgehead atoms. The largest absolute Gasteiger partial charge is 0.369 e. The third-order valence-corrected chi connectivity index (χ3v) is 3.76. The summed E-state index contributed by atoms with van der Waals surface area (Å²) in [4.78, 5) is 13.6. The van der Waals surface area contributed by atoms with E-state index in [-0.39, 0.29) is 11.8 Å². The van der Waals surface area contributed by atoms with E-state index in [1.165, 1.54) is 0 Å². The Hall–Kier alpha value is -1.55. The number of anilines is 1. The fraction of sp³-hybridized carbons (Fsp3) is 0.500. The number of primary amides is 1. The van der Waals surface area contributed by atoms with Gasteiger partial charge in [-0.15, -0.1) is 0 Å². The van der Waals surface area contributed by atoms with Crippen molar-refractivity contribution < 1.29 is 4.79 Å². The Bertz CT molecular complexity index is 433. The van der Waals surface area contributed by atoms with Gasteiger partial charge in [-0.1, -0.05) is 12.1 Å². The Morgan fingerprint density at radius 3 is 2.89 bits per heavy atom. The molecule has 0 radical (unpaired) electrons. The molecule has 4 nitrogen and oxygen atoms in total. The predicted molar refractivity (Wildman–Crippen MR) is 73.1 cm³/mol. The van der Waals surface area contributed by atoms with Crippen molar-refractivity contribution in [2.24, 2.45) is 17.4 Å². The first kappa shape index (κ1) is 12.9. The van der Waals surface area contributed by atoms with E-state index in [4.69, 9.17) is 11.5 Å². The second-order valence-corrected chi connectivity index (χ2v) is 5.05. The van der Waals surface area contributed by atoms with Crippen molar-refractivity contribution in [1.82, 2.24) is 0 Å². The molecule has 1 aromatic rings. The van der Waals surface area contributed by atoms with Crippen LogP contribution in [-0.2, 0) is 11.3 Å². The summed E-state index contributed by atoms with van der Waals surface area (Å²) in [5, 5.41) is 0. The van der Waals surface area contributed by atoms with E-state index < -0.39 is 0 Å². The topological polar surface area (TPSA) is 72.4 Å². The van der Waals surface area contributed by atoms with Crippen molar-refractivity contribution in [3.05, 3.63) is 29.8 Å². The Balaban J connectivity index is 2.21. The Kier molecular flexibility index (Phi) is 3.87. The van der Waals surface area contributed by atoms with Crippen LogP contribution < -0.4 is 16.4 Å². The lowest BCUT2D eigenvalue weighted by Gasteiger charge is -2.38. The maximum Gasteiger partial charge on any atom is 0.222 e. The second-order valence-electron chi connectivity index (χ2n) is 5.05. The number of amides is 1. The third kappa shape index (κ3) is 2.64. The highest BCUT2D eigenvalue weighted by atomic mass is 16.1. The predicted octanol–water partition coefficient (Wildman–Crippen LogP) is 1.24. The van der Waals surface area contributed by atoms with Crippen molar-refractivity contribution in [2.75, 3.05) is 11.4 Å². The molecule has 1 aliphatic heterocycles. The van der Waals surface area contributed by atoms with E-state index in [1.807, 2.05) is 12.1 Å². The summed E-state index contributed by atoms with van der Waals surface area (Å²) in [5.41, 5.74) is 13.3. The first-order valence-corrected chi connectivity index (χ1v) is 6.46. The number of benzene rings is 1. The molecule has 4 N–H and O–H groups in total. The summed E-state index contributed by atoms with van der Waals surface area (Å²) in [6.07, 6.45) is 1.89. The van der Waals surface area contributed by atoms with E-state index in [0.717, 1.165) is 24.1 Å². The van der Waals surface area contributed by atoms with Crippen LogP contribution in [0.4, 0.5) is 5.69 Å². The van der Waals surface area contributed by atoms with Crippen LogP contribution in [-0.4, -0.2) is 18.5 Å². The van der Waals surface area contributed by atoms with Crippen LogP contribution in [0.1, 0.15) is 25.3 Å². The van der Waals surface area contributed by atoms with Gasteiger partial charge < -0.3 is 16.4 Å². The lowest BCUT2D eigenvalue weighted by Crippen LogP contribution is -2.45. The molecule has 1 aliphatic rings. The molecule has 2 atom stereocenters. The molecule has 0 aliphatic carbocycles. The fourth-order valence-corrected chi connectivity index (χ4v) is 2.56. The lowest BCUT2D eigenvalue weighted by atomic mass is 9.92. The molecule has 18 heavy (non-hydrogen) atoms. The number of rotatable bonds is 3. The minimum absolute atomic E-state index is 0.0391. The summed E-state index contributed by atoms with van der Waals surface area (Å²) in [7, 11) is 0. The second kappa shape index (κ2) is 5.40. The van der Waals surface area contributed by atoms with Gasteiger partial charge in [0.1, 0.15) is 0 Å². The number of carbonyl (C=O) groups is 1. The molecule has 1 aromatic carbocycles. The van der Waals surface area contributed by atoms with Gasteiger partial charge in [-0.3, -0.25) is 4.79 Å². The zero-order valence-electron chi connectivity index (χ0n) is 10.8. The van der Waals surface area contributed by atoms with Crippen molar-refractivity contribution in [1.29, 1.82) is 0 Å². The average Bonchev–Trinajstić information content (AvgIpc) is 2.39. The van der Waals surface area contributed by atoms with Crippen molar-refractivity contribution in [3.8, 4) is 0 Å². The molecule has 98 valence electrons. The van der Waals surface area contributed by atoms with Gasteiger partial charge in [0, 0.05) is 24.8 Å². The van der Waals surface area contributed by atoms with Crippen LogP contribution in [0.3, 0.4) is 0 Å². The van der Waals surface area contributed by atoms with E-state index >= 15 is 0 Å². The Morgan fingerprint density at radius 1 is 1.44 bits per heavy atom. The normalized spacial score (nSPS) is 24.0. The van der Waals surface area contributed by atoms with Gasteiger partial charge >= 0.3 is 0 Å². The SMILES string of the molecule is CC1CCC(C(N)=O)CN1c1cccc(CN)c1. The van der Waals surface area contributed by atoms with Crippen LogP contribution in [0.15, 0.2) is 24.3 Å². The molecule has 0 saturated carbocycles. The van der Waals surface area contributed by atoms with Gasteiger partial charge in [0.25, 0.3) is 0 Å². The van der Waals surface area contributed by atoms with Crippen LogP contribution in [0, 0.1) is 5.92 Å². The van der Waals surface area contributed by atoms with E-state index in [2.05, 4.69) is 24.0 Å². The van der Waals surface area contributed by atoms with Crippen LogP contribution in [0.5, 0.6) is 0 Å². The highest BCUT2D eigenvalue weighted by Gasteiger charge is 2.28. The number of carbonyl (C=O) groups excluding carboxylic acids is 1.